The predicted molar refractivity (Wildman–Crippen MR) is 126 cm³/mol. The fraction of sp³-hybridized carbons (Fsp3) is 0.333. The number of thiazole rings is 1. The zero-order valence-corrected chi connectivity index (χ0v) is 19.1. The molecule has 1 aliphatic heterocycles. The number of amides is 1. The van der Waals surface area contributed by atoms with Gasteiger partial charge in [-0.3, -0.25) is 9.69 Å². The van der Waals surface area contributed by atoms with E-state index in [1.165, 1.54) is 5.56 Å². The first-order chi connectivity index (χ1) is 15.1. The van der Waals surface area contributed by atoms with Crippen LogP contribution in [0, 0.1) is 5.92 Å². The maximum absolute atomic E-state index is 12.5. The minimum Gasteiger partial charge on any atom is -0.495 e. The minimum absolute atomic E-state index is 0.0895. The first kappa shape index (κ1) is 21.8. The summed E-state index contributed by atoms with van der Waals surface area (Å²) in [6, 6.07) is 15.4. The van der Waals surface area contributed by atoms with Gasteiger partial charge in [-0.15, -0.1) is 11.3 Å². The molecule has 1 aliphatic rings. The van der Waals surface area contributed by atoms with E-state index in [-0.39, 0.29) is 5.91 Å². The minimum atomic E-state index is -0.0895. The molecule has 0 saturated carbocycles. The third kappa shape index (κ3) is 5.64. The Kier molecular flexibility index (Phi) is 7.22. The van der Waals surface area contributed by atoms with E-state index in [9.17, 15) is 4.79 Å². The summed E-state index contributed by atoms with van der Waals surface area (Å²) in [6.45, 7) is 3.61. The molecule has 0 bridgehead atoms. The molecular formula is C24H26ClN3O2S. The molecule has 162 valence electrons. The van der Waals surface area contributed by atoms with Gasteiger partial charge in [0.05, 0.1) is 17.8 Å². The molecule has 5 nitrogen and oxygen atoms in total. The maximum atomic E-state index is 12.5. The molecule has 1 N–H and O–H groups in total. The molecule has 1 fully saturated rings. The first-order valence-electron chi connectivity index (χ1n) is 10.5. The first-order valence-corrected chi connectivity index (χ1v) is 11.7. The lowest BCUT2D eigenvalue weighted by Gasteiger charge is -2.31. The summed E-state index contributed by atoms with van der Waals surface area (Å²) in [6.07, 6.45) is 2.14. The van der Waals surface area contributed by atoms with E-state index in [0.29, 0.717) is 28.8 Å². The lowest BCUT2D eigenvalue weighted by atomic mass is 9.96. The highest BCUT2D eigenvalue weighted by Crippen LogP contribution is 2.26. The monoisotopic (exact) mass is 455 g/mol. The number of carbonyl (C=O) groups is 1. The van der Waals surface area contributed by atoms with Crippen molar-refractivity contribution in [1.29, 1.82) is 0 Å². The molecular weight excluding hydrogens is 430 g/mol. The number of halogens is 1. The number of hydrogen-bond donors (Lipinski definition) is 1. The van der Waals surface area contributed by atoms with Crippen molar-refractivity contribution in [2.45, 2.75) is 19.4 Å². The Morgan fingerprint density at radius 1 is 1.23 bits per heavy atom. The van der Waals surface area contributed by atoms with Crippen LogP contribution in [0.4, 0.5) is 0 Å². The summed E-state index contributed by atoms with van der Waals surface area (Å²) in [5.74, 6) is 0.915. The smallest absolute Gasteiger partial charge is 0.251 e. The number of methoxy groups -OCH3 is 1. The molecule has 1 aromatic heterocycles. The van der Waals surface area contributed by atoms with Gasteiger partial charge in [0.25, 0.3) is 5.91 Å². The number of likely N-dealkylation sites (tertiary alicyclic amines) is 1. The number of nitrogens with zero attached hydrogens (tertiary/aromatic N) is 2. The second-order valence-corrected chi connectivity index (χ2v) is 9.05. The fourth-order valence-electron chi connectivity index (χ4n) is 3.81. The van der Waals surface area contributed by atoms with Gasteiger partial charge in [0.15, 0.2) is 0 Å². The average molecular weight is 456 g/mol. The van der Waals surface area contributed by atoms with Crippen LogP contribution in [0.1, 0.15) is 28.9 Å². The molecule has 0 spiro atoms. The van der Waals surface area contributed by atoms with Crippen LogP contribution in [-0.2, 0) is 6.54 Å². The Morgan fingerprint density at radius 3 is 2.74 bits per heavy atom. The zero-order valence-electron chi connectivity index (χ0n) is 17.5. The molecule has 0 aliphatic carbocycles. The number of piperidine rings is 1. The van der Waals surface area contributed by atoms with Gasteiger partial charge in [-0.05, 0) is 50.0 Å². The van der Waals surface area contributed by atoms with Gasteiger partial charge in [0.1, 0.15) is 10.8 Å². The van der Waals surface area contributed by atoms with Crippen molar-refractivity contribution in [2.24, 2.45) is 5.92 Å². The summed E-state index contributed by atoms with van der Waals surface area (Å²) >= 11 is 7.74. The van der Waals surface area contributed by atoms with E-state index >= 15 is 0 Å². The summed E-state index contributed by atoms with van der Waals surface area (Å²) < 4.78 is 5.20. The summed E-state index contributed by atoms with van der Waals surface area (Å²) in [5, 5.41) is 6.80. The van der Waals surface area contributed by atoms with Crippen LogP contribution in [0.3, 0.4) is 0 Å². The standard InChI is InChI=1S/C24H26ClN3O2S/c1-30-22-13-19(7-8-21(22)25)23(29)26-14-17-9-11-28(12-10-17)15-20-16-31-24(27-20)18-5-3-2-4-6-18/h2-8,13,16-17H,9-12,14-15H2,1H3,(H,26,29). The van der Waals surface area contributed by atoms with Crippen molar-refractivity contribution in [3.05, 3.63) is 70.2 Å². The summed E-state index contributed by atoms with van der Waals surface area (Å²) in [5.41, 5.74) is 2.87. The van der Waals surface area contributed by atoms with Gasteiger partial charge in [0.2, 0.25) is 0 Å². The van der Waals surface area contributed by atoms with Crippen molar-refractivity contribution in [2.75, 3.05) is 26.7 Å². The molecule has 4 rings (SSSR count). The molecule has 7 heteroatoms. The Labute approximate surface area is 192 Å². The van der Waals surface area contributed by atoms with E-state index in [4.69, 9.17) is 21.3 Å². The molecule has 3 aromatic rings. The van der Waals surface area contributed by atoms with Crippen LogP contribution in [0.5, 0.6) is 5.75 Å². The van der Waals surface area contributed by atoms with E-state index in [2.05, 4.69) is 27.7 Å². The van der Waals surface area contributed by atoms with Crippen LogP contribution in [0.2, 0.25) is 5.02 Å². The lowest BCUT2D eigenvalue weighted by Crippen LogP contribution is -2.38. The molecule has 1 amide bonds. The van der Waals surface area contributed by atoms with Crippen LogP contribution >= 0.6 is 22.9 Å². The zero-order chi connectivity index (χ0) is 21.6. The van der Waals surface area contributed by atoms with E-state index in [0.717, 1.165) is 43.2 Å². The van der Waals surface area contributed by atoms with Crippen LogP contribution in [0.15, 0.2) is 53.9 Å². The van der Waals surface area contributed by atoms with E-state index in [1.54, 1.807) is 36.6 Å². The van der Waals surface area contributed by atoms with Crippen LogP contribution in [-0.4, -0.2) is 42.5 Å². The Balaban J connectivity index is 1.23. The van der Waals surface area contributed by atoms with Gasteiger partial charge in [-0.25, -0.2) is 4.98 Å². The highest BCUT2D eigenvalue weighted by Gasteiger charge is 2.21. The van der Waals surface area contributed by atoms with Crippen molar-refractivity contribution in [3.8, 4) is 16.3 Å². The number of carbonyl (C=O) groups excluding carboxylic acids is 1. The maximum Gasteiger partial charge on any atom is 0.251 e. The number of hydrogen-bond acceptors (Lipinski definition) is 5. The number of benzene rings is 2. The normalized spacial score (nSPS) is 15.0. The van der Waals surface area contributed by atoms with Gasteiger partial charge >= 0.3 is 0 Å². The van der Waals surface area contributed by atoms with Gasteiger partial charge < -0.3 is 10.1 Å². The number of rotatable bonds is 7. The van der Waals surface area contributed by atoms with Gasteiger partial charge in [0, 0.05) is 29.6 Å². The average Bonchev–Trinajstić information content (AvgIpc) is 3.28. The topological polar surface area (TPSA) is 54.5 Å². The fourth-order valence-corrected chi connectivity index (χ4v) is 4.82. The molecule has 0 atom stereocenters. The number of aromatic nitrogens is 1. The van der Waals surface area contributed by atoms with Crippen molar-refractivity contribution >= 4 is 28.8 Å². The Hall–Kier alpha value is -2.41. The Morgan fingerprint density at radius 2 is 2.00 bits per heavy atom. The molecule has 31 heavy (non-hydrogen) atoms. The molecule has 0 unspecified atom stereocenters. The van der Waals surface area contributed by atoms with Crippen LogP contribution in [0.25, 0.3) is 10.6 Å². The van der Waals surface area contributed by atoms with Crippen molar-refractivity contribution in [1.82, 2.24) is 15.2 Å². The second-order valence-electron chi connectivity index (χ2n) is 7.79. The van der Waals surface area contributed by atoms with E-state index < -0.39 is 0 Å². The largest absolute Gasteiger partial charge is 0.495 e. The second kappa shape index (κ2) is 10.3. The highest BCUT2D eigenvalue weighted by molar-refractivity contribution is 7.13. The van der Waals surface area contributed by atoms with Crippen LogP contribution < -0.4 is 10.1 Å². The van der Waals surface area contributed by atoms with Gasteiger partial charge in [-0.1, -0.05) is 41.9 Å². The van der Waals surface area contributed by atoms with Crippen molar-refractivity contribution < 1.29 is 9.53 Å². The van der Waals surface area contributed by atoms with Crippen molar-refractivity contribution in [3.63, 3.8) is 0 Å². The molecule has 0 radical (unpaired) electrons. The molecule has 2 heterocycles. The quantitative estimate of drug-likeness (QED) is 0.537. The highest BCUT2D eigenvalue weighted by atomic mass is 35.5. The number of ether oxygens (including phenoxy) is 1. The van der Waals surface area contributed by atoms with Gasteiger partial charge in [-0.2, -0.15) is 0 Å². The predicted octanol–water partition coefficient (Wildman–Crippen LogP) is 5.11. The summed E-state index contributed by atoms with van der Waals surface area (Å²) in [4.78, 5) is 19.7. The summed E-state index contributed by atoms with van der Waals surface area (Å²) in [7, 11) is 1.55. The SMILES string of the molecule is COc1cc(C(=O)NCC2CCN(Cc3csc(-c4ccccc4)n3)CC2)ccc1Cl. The molecule has 2 aromatic carbocycles. The third-order valence-electron chi connectivity index (χ3n) is 5.63. The number of nitrogens with one attached hydrogen (secondary N) is 1. The van der Waals surface area contributed by atoms with E-state index in [1.807, 2.05) is 18.2 Å². The third-order valence-corrected chi connectivity index (χ3v) is 6.88. The Bertz CT molecular complexity index is 1020. The molecule has 1 saturated heterocycles. The lowest BCUT2D eigenvalue weighted by molar-refractivity contribution is 0.0934.